The molecule has 2 rings (SSSR count). The first kappa shape index (κ1) is 13.4. The average Bonchev–Trinajstić information content (AvgIpc) is 2.38. The molecule has 0 saturated heterocycles. The molecule has 0 saturated carbocycles. The van der Waals surface area contributed by atoms with Gasteiger partial charge in [0.15, 0.2) is 0 Å². The van der Waals surface area contributed by atoms with Crippen LogP contribution in [-0.4, -0.2) is 23.1 Å². The van der Waals surface area contributed by atoms with Gasteiger partial charge in [0, 0.05) is 6.04 Å². The molecule has 0 fully saturated rings. The fourth-order valence-electron chi connectivity index (χ4n) is 3.14. The standard InChI is InChI=1S/C16H25NO/c1-3-10-17(11-4-2)16-7-5-6-13-8-9-14(18)12-15(13)16/h8-9,12,16,18H,3-7,10-11H2,1-2H3/t16-/m1/s1. The van der Waals surface area contributed by atoms with Gasteiger partial charge in [-0.3, -0.25) is 4.90 Å². The Bertz CT molecular complexity index is 383. The van der Waals surface area contributed by atoms with Crippen molar-refractivity contribution in [2.45, 2.75) is 52.0 Å². The third-order valence-electron chi connectivity index (χ3n) is 3.87. The van der Waals surface area contributed by atoms with Crippen LogP contribution >= 0.6 is 0 Å². The van der Waals surface area contributed by atoms with Crippen molar-refractivity contribution in [3.63, 3.8) is 0 Å². The smallest absolute Gasteiger partial charge is 0.115 e. The third kappa shape index (κ3) is 2.86. The Morgan fingerprint density at radius 2 is 1.94 bits per heavy atom. The van der Waals surface area contributed by atoms with Gasteiger partial charge in [0.05, 0.1) is 0 Å². The van der Waals surface area contributed by atoms with Crippen LogP contribution in [0.3, 0.4) is 0 Å². The highest BCUT2D eigenvalue weighted by atomic mass is 16.3. The van der Waals surface area contributed by atoms with E-state index >= 15 is 0 Å². The summed E-state index contributed by atoms with van der Waals surface area (Å²) in [5.41, 5.74) is 2.80. The topological polar surface area (TPSA) is 23.5 Å². The van der Waals surface area contributed by atoms with Crippen LogP contribution in [0.4, 0.5) is 0 Å². The van der Waals surface area contributed by atoms with Crippen LogP contribution < -0.4 is 0 Å². The molecule has 1 N–H and O–H groups in total. The van der Waals surface area contributed by atoms with Crippen molar-refractivity contribution in [1.29, 1.82) is 0 Å². The molecule has 100 valence electrons. The van der Waals surface area contributed by atoms with Gasteiger partial charge in [-0.15, -0.1) is 0 Å². The van der Waals surface area contributed by atoms with E-state index in [1.165, 1.54) is 36.8 Å². The second-order valence-corrected chi connectivity index (χ2v) is 5.33. The highest BCUT2D eigenvalue weighted by Gasteiger charge is 2.25. The van der Waals surface area contributed by atoms with E-state index in [1.54, 1.807) is 0 Å². The van der Waals surface area contributed by atoms with Crippen molar-refractivity contribution >= 4 is 0 Å². The number of hydrogen-bond acceptors (Lipinski definition) is 2. The van der Waals surface area contributed by atoms with E-state index in [0.717, 1.165) is 19.5 Å². The largest absolute Gasteiger partial charge is 0.508 e. The summed E-state index contributed by atoms with van der Waals surface area (Å²) in [4.78, 5) is 2.59. The molecule has 1 atom stereocenters. The zero-order valence-corrected chi connectivity index (χ0v) is 11.7. The first-order valence-corrected chi connectivity index (χ1v) is 7.32. The molecule has 0 bridgehead atoms. The Morgan fingerprint density at radius 3 is 2.61 bits per heavy atom. The second kappa shape index (κ2) is 6.24. The van der Waals surface area contributed by atoms with Crippen LogP contribution in [0.25, 0.3) is 0 Å². The third-order valence-corrected chi connectivity index (χ3v) is 3.87. The Morgan fingerprint density at radius 1 is 1.22 bits per heavy atom. The molecule has 0 aromatic heterocycles. The van der Waals surface area contributed by atoms with E-state index in [-0.39, 0.29) is 0 Å². The van der Waals surface area contributed by atoms with Gasteiger partial charge in [0.2, 0.25) is 0 Å². The summed E-state index contributed by atoms with van der Waals surface area (Å²) in [5.74, 6) is 0.411. The van der Waals surface area contributed by atoms with E-state index < -0.39 is 0 Å². The lowest BCUT2D eigenvalue weighted by molar-refractivity contribution is 0.178. The Kier molecular flexibility index (Phi) is 4.65. The fraction of sp³-hybridized carbons (Fsp3) is 0.625. The quantitative estimate of drug-likeness (QED) is 0.853. The normalized spacial score (nSPS) is 18.9. The number of rotatable bonds is 5. The van der Waals surface area contributed by atoms with Crippen molar-refractivity contribution in [2.75, 3.05) is 13.1 Å². The van der Waals surface area contributed by atoms with Crippen molar-refractivity contribution < 1.29 is 5.11 Å². The number of nitrogens with zero attached hydrogens (tertiary/aromatic N) is 1. The minimum Gasteiger partial charge on any atom is -0.508 e. The van der Waals surface area contributed by atoms with E-state index in [0.29, 0.717) is 11.8 Å². The van der Waals surface area contributed by atoms with Crippen LogP contribution in [0.1, 0.15) is 56.7 Å². The SMILES string of the molecule is CCCN(CCC)[C@@H]1CCCc2ccc(O)cc21. The average molecular weight is 247 g/mol. The van der Waals surface area contributed by atoms with Gasteiger partial charge in [-0.2, -0.15) is 0 Å². The fourth-order valence-corrected chi connectivity index (χ4v) is 3.14. The van der Waals surface area contributed by atoms with Gasteiger partial charge >= 0.3 is 0 Å². The summed E-state index contributed by atoms with van der Waals surface area (Å²) in [6.07, 6.45) is 6.07. The summed E-state index contributed by atoms with van der Waals surface area (Å²) in [7, 11) is 0. The zero-order valence-electron chi connectivity index (χ0n) is 11.7. The minimum absolute atomic E-state index is 0.411. The summed E-state index contributed by atoms with van der Waals surface area (Å²) in [6.45, 7) is 6.81. The molecule has 0 spiro atoms. The molecule has 0 amide bonds. The maximum absolute atomic E-state index is 9.73. The highest BCUT2D eigenvalue weighted by Crippen LogP contribution is 2.36. The summed E-state index contributed by atoms with van der Waals surface area (Å²) in [5, 5.41) is 9.73. The molecule has 2 nitrogen and oxygen atoms in total. The Labute approximate surface area is 111 Å². The maximum atomic E-state index is 9.73. The number of aryl methyl sites for hydroxylation is 1. The number of phenols is 1. The monoisotopic (exact) mass is 247 g/mol. The maximum Gasteiger partial charge on any atom is 0.115 e. The van der Waals surface area contributed by atoms with Crippen molar-refractivity contribution in [3.8, 4) is 5.75 Å². The van der Waals surface area contributed by atoms with Gasteiger partial charge in [-0.25, -0.2) is 0 Å². The van der Waals surface area contributed by atoms with Gasteiger partial charge in [0.25, 0.3) is 0 Å². The molecule has 0 unspecified atom stereocenters. The highest BCUT2D eigenvalue weighted by molar-refractivity contribution is 5.38. The van der Waals surface area contributed by atoms with Gasteiger partial charge in [0.1, 0.15) is 5.75 Å². The predicted octanol–water partition coefficient (Wildman–Crippen LogP) is 3.89. The second-order valence-electron chi connectivity index (χ2n) is 5.33. The number of hydrogen-bond donors (Lipinski definition) is 1. The molecule has 0 radical (unpaired) electrons. The minimum atomic E-state index is 0.411. The van der Waals surface area contributed by atoms with Crippen LogP contribution in [0.5, 0.6) is 5.75 Å². The molecule has 1 aromatic rings. The molecule has 2 heteroatoms. The number of phenolic OH excluding ortho intramolecular Hbond substituents is 1. The Hall–Kier alpha value is -1.02. The van der Waals surface area contributed by atoms with E-state index in [9.17, 15) is 5.11 Å². The number of aromatic hydroxyl groups is 1. The molecular formula is C16H25NO. The Balaban J connectivity index is 2.26. The number of benzene rings is 1. The zero-order chi connectivity index (χ0) is 13.0. The van der Waals surface area contributed by atoms with Crippen LogP contribution in [0.2, 0.25) is 0 Å². The first-order chi connectivity index (χ1) is 8.76. The molecule has 1 aromatic carbocycles. The lowest BCUT2D eigenvalue weighted by Gasteiger charge is -2.35. The summed E-state index contributed by atoms with van der Waals surface area (Å²) < 4.78 is 0. The molecule has 1 aliphatic rings. The lowest BCUT2D eigenvalue weighted by atomic mass is 9.86. The molecule has 0 heterocycles. The molecule has 18 heavy (non-hydrogen) atoms. The van der Waals surface area contributed by atoms with Gasteiger partial charge in [-0.1, -0.05) is 19.9 Å². The van der Waals surface area contributed by atoms with E-state index in [4.69, 9.17) is 0 Å². The van der Waals surface area contributed by atoms with Crippen LogP contribution in [0.15, 0.2) is 18.2 Å². The summed E-state index contributed by atoms with van der Waals surface area (Å²) in [6, 6.07) is 6.43. The van der Waals surface area contributed by atoms with E-state index in [1.807, 2.05) is 12.1 Å². The van der Waals surface area contributed by atoms with E-state index in [2.05, 4.69) is 24.8 Å². The lowest BCUT2D eigenvalue weighted by Crippen LogP contribution is -2.32. The molecule has 1 aliphatic carbocycles. The van der Waals surface area contributed by atoms with Crippen molar-refractivity contribution in [2.24, 2.45) is 0 Å². The first-order valence-electron chi connectivity index (χ1n) is 7.32. The number of fused-ring (bicyclic) bond motifs is 1. The molecular weight excluding hydrogens is 222 g/mol. The van der Waals surface area contributed by atoms with Crippen molar-refractivity contribution in [3.05, 3.63) is 29.3 Å². The van der Waals surface area contributed by atoms with Crippen LogP contribution in [-0.2, 0) is 6.42 Å². The van der Waals surface area contributed by atoms with Crippen LogP contribution in [0, 0.1) is 0 Å². The predicted molar refractivity (Wildman–Crippen MR) is 75.9 cm³/mol. The van der Waals surface area contributed by atoms with Gasteiger partial charge < -0.3 is 5.11 Å². The van der Waals surface area contributed by atoms with Crippen molar-refractivity contribution in [1.82, 2.24) is 4.90 Å². The summed E-state index contributed by atoms with van der Waals surface area (Å²) >= 11 is 0. The molecule has 0 aliphatic heterocycles. The van der Waals surface area contributed by atoms with Gasteiger partial charge in [-0.05, 0) is 68.5 Å².